The lowest BCUT2D eigenvalue weighted by molar-refractivity contribution is 0.671. The molecule has 0 aromatic heterocycles. The van der Waals surface area contributed by atoms with Gasteiger partial charge in [-0.1, -0.05) is 18.2 Å². The van der Waals surface area contributed by atoms with Gasteiger partial charge in [-0.15, -0.1) is 0 Å². The average Bonchev–Trinajstić information content (AvgIpc) is 2.53. The Balaban J connectivity index is 2.19. The molecular weight excluding hydrogens is 150 g/mol. The van der Waals surface area contributed by atoms with E-state index in [4.69, 9.17) is 5.73 Å². The van der Waals surface area contributed by atoms with Gasteiger partial charge < -0.3 is 5.73 Å². The number of hydrogen-bond acceptors (Lipinski definition) is 3. The number of anilines is 1. The van der Waals surface area contributed by atoms with Crippen molar-refractivity contribution in [2.24, 2.45) is 5.73 Å². The molecule has 0 saturated carbocycles. The van der Waals surface area contributed by atoms with Crippen molar-refractivity contribution in [1.29, 1.82) is 0 Å². The second kappa shape index (κ2) is 3.13. The Hall–Kier alpha value is -1.06. The van der Waals surface area contributed by atoms with E-state index in [2.05, 4.69) is 17.6 Å². The first-order valence-electron chi connectivity index (χ1n) is 4.21. The van der Waals surface area contributed by atoms with Crippen LogP contribution in [0.2, 0.25) is 0 Å². The van der Waals surface area contributed by atoms with E-state index in [1.54, 1.807) is 0 Å². The van der Waals surface area contributed by atoms with Gasteiger partial charge in [0.25, 0.3) is 0 Å². The molecule has 3 nitrogen and oxygen atoms in total. The van der Waals surface area contributed by atoms with Crippen molar-refractivity contribution in [2.75, 3.05) is 11.6 Å². The van der Waals surface area contributed by atoms with Crippen LogP contribution in [0.1, 0.15) is 6.42 Å². The maximum Gasteiger partial charge on any atom is 0.0936 e. The topological polar surface area (TPSA) is 41.3 Å². The molecular formula is C9H13N3. The molecule has 0 amide bonds. The number of rotatable bonds is 1. The van der Waals surface area contributed by atoms with Crippen molar-refractivity contribution >= 4 is 5.69 Å². The fourth-order valence-electron chi connectivity index (χ4n) is 1.45. The molecule has 1 fully saturated rings. The number of benzene rings is 1. The van der Waals surface area contributed by atoms with Crippen molar-refractivity contribution in [3.8, 4) is 0 Å². The summed E-state index contributed by atoms with van der Waals surface area (Å²) in [6, 6.07) is 10.1. The Kier molecular flexibility index (Phi) is 1.98. The Morgan fingerprint density at radius 1 is 1.33 bits per heavy atom. The molecule has 2 rings (SSSR count). The van der Waals surface area contributed by atoms with E-state index in [9.17, 15) is 0 Å². The number of hydrogen-bond donors (Lipinski definition) is 2. The summed E-state index contributed by atoms with van der Waals surface area (Å²) in [7, 11) is 0. The van der Waals surface area contributed by atoms with E-state index >= 15 is 0 Å². The van der Waals surface area contributed by atoms with E-state index in [-0.39, 0.29) is 6.17 Å². The molecule has 1 unspecified atom stereocenters. The van der Waals surface area contributed by atoms with Crippen LogP contribution >= 0.6 is 0 Å². The van der Waals surface area contributed by atoms with E-state index in [1.165, 1.54) is 0 Å². The minimum Gasteiger partial charge on any atom is -0.310 e. The summed E-state index contributed by atoms with van der Waals surface area (Å²) < 4.78 is 0. The summed E-state index contributed by atoms with van der Waals surface area (Å²) in [5, 5.41) is 2.01. The first-order chi connectivity index (χ1) is 5.88. The predicted molar refractivity (Wildman–Crippen MR) is 49.5 cm³/mol. The van der Waals surface area contributed by atoms with Gasteiger partial charge in [0.05, 0.1) is 11.9 Å². The summed E-state index contributed by atoms with van der Waals surface area (Å²) in [6.07, 6.45) is 1.13. The normalized spacial score (nSPS) is 23.1. The lowest BCUT2D eigenvalue weighted by Gasteiger charge is -2.22. The van der Waals surface area contributed by atoms with Gasteiger partial charge in [-0.05, 0) is 18.6 Å². The van der Waals surface area contributed by atoms with E-state index in [1.807, 2.05) is 23.2 Å². The van der Waals surface area contributed by atoms with Gasteiger partial charge in [0, 0.05) is 6.54 Å². The molecule has 12 heavy (non-hydrogen) atoms. The predicted octanol–water partition coefficient (Wildman–Crippen LogP) is 0.686. The number of para-hydroxylation sites is 1. The lowest BCUT2D eigenvalue weighted by atomic mass is 10.3. The first kappa shape index (κ1) is 7.58. The third kappa shape index (κ3) is 1.29. The fourth-order valence-corrected chi connectivity index (χ4v) is 1.45. The van der Waals surface area contributed by atoms with Crippen LogP contribution in [-0.4, -0.2) is 12.7 Å². The minimum atomic E-state index is 0.118. The second-order valence-corrected chi connectivity index (χ2v) is 2.97. The molecule has 0 spiro atoms. The van der Waals surface area contributed by atoms with Crippen LogP contribution in [0.5, 0.6) is 0 Å². The van der Waals surface area contributed by atoms with Gasteiger partial charge in [-0.2, -0.15) is 0 Å². The highest BCUT2D eigenvalue weighted by molar-refractivity contribution is 5.46. The van der Waals surface area contributed by atoms with Crippen molar-refractivity contribution in [2.45, 2.75) is 12.6 Å². The molecule has 1 heterocycles. The summed E-state index contributed by atoms with van der Waals surface area (Å²) in [4.78, 5) is 0. The van der Waals surface area contributed by atoms with Crippen molar-refractivity contribution in [3.05, 3.63) is 30.3 Å². The van der Waals surface area contributed by atoms with Crippen LogP contribution in [0.15, 0.2) is 30.3 Å². The van der Waals surface area contributed by atoms with Crippen LogP contribution in [0.3, 0.4) is 0 Å². The summed E-state index contributed by atoms with van der Waals surface area (Å²) in [5.41, 5.74) is 10.2. The molecule has 3 N–H and O–H groups in total. The average molecular weight is 163 g/mol. The Labute approximate surface area is 72.1 Å². The van der Waals surface area contributed by atoms with Gasteiger partial charge in [0.1, 0.15) is 0 Å². The van der Waals surface area contributed by atoms with Crippen molar-refractivity contribution < 1.29 is 0 Å². The number of hydrazine groups is 1. The van der Waals surface area contributed by atoms with E-state index < -0.39 is 0 Å². The van der Waals surface area contributed by atoms with Gasteiger partial charge in [0.2, 0.25) is 0 Å². The van der Waals surface area contributed by atoms with Crippen LogP contribution in [0.25, 0.3) is 0 Å². The molecule has 1 atom stereocenters. The summed E-state index contributed by atoms with van der Waals surface area (Å²) in [6.45, 7) is 0.968. The molecule has 0 bridgehead atoms. The minimum absolute atomic E-state index is 0.118. The van der Waals surface area contributed by atoms with Crippen LogP contribution in [-0.2, 0) is 0 Å². The maximum absolute atomic E-state index is 5.87. The monoisotopic (exact) mass is 163 g/mol. The van der Waals surface area contributed by atoms with Crippen LogP contribution in [0, 0.1) is 0 Å². The Morgan fingerprint density at radius 3 is 2.67 bits per heavy atom. The highest BCUT2D eigenvalue weighted by atomic mass is 15.6. The van der Waals surface area contributed by atoms with E-state index in [0.717, 1.165) is 18.7 Å². The maximum atomic E-state index is 5.87. The summed E-state index contributed by atoms with van der Waals surface area (Å²) in [5.74, 6) is 0. The third-order valence-corrected chi connectivity index (χ3v) is 2.09. The molecule has 1 aromatic rings. The zero-order chi connectivity index (χ0) is 8.39. The first-order valence-corrected chi connectivity index (χ1v) is 4.21. The van der Waals surface area contributed by atoms with Crippen LogP contribution in [0.4, 0.5) is 5.69 Å². The zero-order valence-electron chi connectivity index (χ0n) is 6.90. The smallest absolute Gasteiger partial charge is 0.0936 e. The fraction of sp³-hybridized carbons (Fsp3) is 0.333. The Bertz CT molecular complexity index is 247. The number of nitrogens with two attached hydrogens (primary N) is 1. The molecule has 1 aliphatic rings. The molecule has 1 aliphatic heterocycles. The third-order valence-electron chi connectivity index (χ3n) is 2.09. The van der Waals surface area contributed by atoms with Gasteiger partial charge in [0.15, 0.2) is 0 Å². The Morgan fingerprint density at radius 2 is 2.08 bits per heavy atom. The van der Waals surface area contributed by atoms with Crippen LogP contribution < -0.4 is 16.2 Å². The second-order valence-electron chi connectivity index (χ2n) is 2.97. The molecule has 3 heteroatoms. The molecule has 1 saturated heterocycles. The van der Waals surface area contributed by atoms with Gasteiger partial charge in [-0.25, -0.2) is 5.43 Å². The number of nitrogens with zero attached hydrogens (tertiary/aromatic N) is 1. The quantitative estimate of drug-likeness (QED) is 0.640. The number of nitrogens with one attached hydrogen (secondary N) is 1. The highest BCUT2D eigenvalue weighted by Gasteiger charge is 2.19. The van der Waals surface area contributed by atoms with Crippen molar-refractivity contribution in [3.63, 3.8) is 0 Å². The summed E-state index contributed by atoms with van der Waals surface area (Å²) >= 11 is 0. The molecule has 0 radical (unpaired) electrons. The van der Waals surface area contributed by atoms with E-state index in [0.29, 0.717) is 0 Å². The SMILES string of the molecule is NC1CCNN1c1ccccc1. The molecule has 1 aromatic carbocycles. The lowest BCUT2D eigenvalue weighted by Crippen LogP contribution is -2.42. The van der Waals surface area contributed by atoms with Crippen molar-refractivity contribution in [1.82, 2.24) is 5.43 Å². The zero-order valence-corrected chi connectivity index (χ0v) is 6.90. The highest BCUT2D eigenvalue weighted by Crippen LogP contribution is 2.16. The molecule has 0 aliphatic carbocycles. The molecule has 64 valence electrons. The standard InChI is InChI=1S/C9H13N3/c10-9-6-7-11-12(9)8-4-2-1-3-5-8/h1-5,9,11H,6-7,10H2. The largest absolute Gasteiger partial charge is 0.310 e. The van der Waals surface area contributed by atoms with Gasteiger partial charge in [-0.3, -0.25) is 5.01 Å². The van der Waals surface area contributed by atoms with Gasteiger partial charge >= 0.3 is 0 Å².